The Labute approximate surface area is 188 Å². The maximum absolute atomic E-state index is 12.4. The number of unbranched alkanes of at least 4 members (excludes halogenated alkanes) is 2. The molecule has 31 heavy (non-hydrogen) atoms. The van der Waals surface area contributed by atoms with Crippen molar-refractivity contribution in [2.24, 2.45) is 0 Å². The lowest BCUT2D eigenvalue weighted by atomic mass is 10.2. The monoisotopic (exact) mass is 443 g/mol. The molecular weight excluding hydrogens is 414 g/mol. The van der Waals surface area contributed by atoms with Crippen LogP contribution in [0.4, 0.5) is 11.4 Å². The van der Waals surface area contributed by atoms with Crippen LogP contribution in [0, 0.1) is 0 Å². The maximum atomic E-state index is 12.4. The summed E-state index contributed by atoms with van der Waals surface area (Å²) in [7, 11) is 1.61. The van der Waals surface area contributed by atoms with Crippen molar-refractivity contribution < 1.29 is 19.1 Å². The lowest BCUT2D eigenvalue weighted by Gasteiger charge is -2.12. The Morgan fingerprint density at radius 2 is 1.68 bits per heavy atom. The molecule has 2 amide bonds. The highest BCUT2D eigenvalue weighted by Crippen LogP contribution is 2.16. The highest BCUT2D eigenvalue weighted by molar-refractivity contribution is 7.80. The lowest BCUT2D eigenvalue weighted by molar-refractivity contribution is -0.116. The standard InChI is InChI=1S/C23H29N3O4S/c1-3-4-5-9-21(27)24-18-7-6-8-19(16-18)25-23(31)26-22(28)17-10-12-20(13-11-17)30-15-14-29-2/h6-8,10-13,16H,3-5,9,14-15H2,1-2H3,(H,24,27)(H2,25,26,28,31). The fraction of sp³-hybridized carbons (Fsp3) is 0.348. The molecule has 8 heteroatoms. The number of methoxy groups -OCH3 is 1. The molecule has 0 fully saturated rings. The van der Waals surface area contributed by atoms with Gasteiger partial charge in [0.25, 0.3) is 5.91 Å². The number of amides is 2. The van der Waals surface area contributed by atoms with E-state index in [1.807, 2.05) is 0 Å². The molecular formula is C23H29N3O4S. The van der Waals surface area contributed by atoms with E-state index in [0.29, 0.717) is 42.3 Å². The summed E-state index contributed by atoms with van der Waals surface area (Å²) in [6, 6.07) is 13.9. The van der Waals surface area contributed by atoms with Gasteiger partial charge < -0.3 is 20.1 Å². The van der Waals surface area contributed by atoms with Crippen LogP contribution in [0.25, 0.3) is 0 Å². The highest BCUT2D eigenvalue weighted by atomic mass is 32.1. The number of carbonyl (C=O) groups is 2. The average molecular weight is 444 g/mol. The number of ether oxygens (including phenoxy) is 2. The van der Waals surface area contributed by atoms with Gasteiger partial charge in [-0.15, -0.1) is 0 Å². The Morgan fingerprint density at radius 3 is 2.35 bits per heavy atom. The molecule has 0 unspecified atom stereocenters. The van der Waals surface area contributed by atoms with Gasteiger partial charge in [-0.2, -0.15) is 0 Å². The Morgan fingerprint density at radius 1 is 0.968 bits per heavy atom. The van der Waals surface area contributed by atoms with E-state index >= 15 is 0 Å². The minimum Gasteiger partial charge on any atom is -0.491 e. The van der Waals surface area contributed by atoms with Crippen LogP contribution in [0.3, 0.4) is 0 Å². The third-order valence-corrected chi connectivity index (χ3v) is 4.52. The van der Waals surface area contributed by atoms with Crippen LogP contribution in [-0.4, -0.2) is 37.3 Å². The van der Waals surface area contributed by atoms with E-state index in [-0.39, 0.29) is 16.9 Å². The van der Waals surface area contributed by atoms with Gasteiger partial charge in [0, 0.05) is 30.5 Å². The van der Waals surface area contributed by atoms with Gasteiger partial charge >= 0.3 is 0 Å². The third-order valence-electron chi connectivity index (χ3n) is 4.31. The molecule has 0 atom stereocenters. The molecule has 7 nitrogen and oxygen atoms in total. The van der Waals surface area contributed by atoms with Gasteiger partial charge in [-0.1, -0.05) is 25.8 Å². The largest absolute Gasteiger partial charge is 0.491 e. The predicted octanol–water partition coefficient (Wildman–Crippen LogP) is 4.36. The van der Waals surface area contributed by atoms with E-state index in [4.69, 9.17) is 21.7 Å². The number of rotatable bonds is 11. The molecule has 0 radical (unpaired) electrons. The topological polar surface area (TPSA) is 88.7 Å². The van der Waals surface area contributed by atoms with Gasteiger partial charge in [-0.25, -0.2) is 0 Å². The summed E-state index contributed by atoms with van der Waals surface area (Å²) in [5.74, 6) is 0.306. The summed E-state index contributed by atoms with van der Waals surface area (Å²) in [5, 5.41) is 8.65. The molecule has 0 bridgehead atoms. The van der Waals surface area contributed by atoms with Crippen molar-refractivity contribution in [2.75, 3.05) is 31.0 Å². The van der Waals surface area contributed by atoms with E-state index in [2.05, 4.69) is 22.9 Å². The number of carbonyl (C=O) groups excluding carboxylic acids is 2. The van der Waals surface area contributed by atoms with Crippen LogP contribution in [0.15, 0.2) is 48.5 Å². The fourth-order valence-electron chi connectivity index (χ4n) is 2.72. The maximum Gasteiger partial charge on any atom is 0.257 e. The Kier molecular flexibility index (Phi) is 10.5. The number of benzene rings is 2. The van der Waals surface area contributed by atoms with Crippen molar-refractivity contribution in [2.45, 2.75) is 32.6 Å². The van der Waals surface area contributed by atoms with Crippen molar-refractivity contribution in [1.29, 1.82) is 0 Å². The molecule has 2 aromatic rings. The van der Waals surface area contributed by atoms with Crippen LogP contribution >= 0.6 is 12.2 Å². The van der Waals surface area contributed by atoms with E-state index in [1.165, 1.54) is 0 Å². The van der Waals surface area contributed by atoms with Crippen LogP contribution in [0.5, 0.6) is 5.75 Å². The summed E-state index contributed by atoms with van der Waals surface area (Å²) in [6.45, 7) is 3.03. The van der Waals surface area contributed by atoms with Crippen molar-refractivity contribution >= 4 is 40.5 Å². The first-order valence-electron chi connectivity index (χ1n) is 10.3. The van der Waals surface area contributed by atoms with Gasteiger partial charge in [0.1, 0.15) is 12.4 Å². The second kappa shape index (κ2) is 13.4. The predicted molar refractivity (Wildman–Crippen MR) is 127 cm³/mol. The number of hydrogen-bond acceptors (Lipinski definition) is 5. The van der Waals surface area contributed by atoms with Crippen LogP contribution in [0.2, 0.25) is 0 Å². The lowest BCUT2D eigenvalue weighted by Crippen LogP contribution is -2.34. The zero-order valence-corrected chi connectivity index (χ0v) is 18.7. The first-order valence-corrected chi connectivity index (χ1v) is 10.7. The first-order chi connectivity index (χ1) is 15.0. The molecule has 3 N–H and O–H groups in total. The number of anilines is 2. The zero-order chi connectivity index (χ0) is 22.5. The van der Waals surface area contributed by atoms with Crippen molar-refractivity contribution in [3.8, 4) is 5.75 Å². The Hall–Kier alpha value is -2.97. The quantitative estimate of drug-likeness (QED) is 0.353. The van der Waals surface area contributed by atoms with Gasteiger partial charge in [0.2, 0.25) is 5.91 Å². The van der Waals surface area contributed by atoms with Gasteiger partial charge in [0.05, 0.1) is 6.61 Å². The van der Waals surface area contributed by atoms with Gasteiger partial charge in [-0.05, 0) is 61.1 Å². The molecule has 0 aliphatic heterocycles. The van der Waals surface area contributed by atoms with Crippen LogP contribution < -0.4 is 20.7 Å². The highest BCUT2D eigenvalue weighted by Gasteiger charge is 2.09. The van der Waals surface area contributed by atoms with Crippen molar-refractivity contribution in [1.82, 2.24) is 5.32 Å². The van der Waals surface area contributed by atoms with Gasteiger partial charge in [0.15, 0.2) is 5.11 Å². The summed E-state index contributed by atoms with van der Waals surface area (Å²) in [4.78, 5) is 24.4. The van der Waals surface area contributed by atoms with Crippen molar-refractivity contribution in [3.63, 3.8) is 0 Å². The zero-order valence-electron chi connectivity index (χ0n) is 17.9. The van der Waals surface area contributed by atoms with Crippen LogP contribution in [-0.2, 0) is 9.53 Å². The Balaban J connectivity index is 1.85. The smallest absolute Gasteiger partial charge is 0.257 e. The molecule has 0 spiro atoms. The van der Waals surface area contributed by atoms with E-state index < -0.39 is 0 Å². The first kappa shape index (κ1) is 24.3. The molecule has 2 rings (SSSR count). The molecule has 0 heterocycles. The third kappa shape index (κ3) is 9.15. The average Bonchev–Trinajstić information content (AvgIpc) is 2.74. The molecule has 0 aromatic heterocycles. The summed E-state index contributed by atoms with van der Waals surface area (Å²) >= 11 is 5.24. The van der Waals surface area contributed by atoms with Gasteiger partial charge in [-0.3, -0.25) is 14.9 Å². The van der Waals surface area contributed by atoms with E-state index in [0.717, 1.165) is 19.3 Å². The minimum absolute atomic E-state index is 0.0175. The molecule has 0 aliphatic carbocycles. The summed E-state index contributed by atoms with van der Waals surface area (Å²) in [5.41, 5.74) is 1.79. The van der Waals surface area contributed by atoms with Crippen molar-refractivity contribution in [3.05, 3.63) is 54.1 Å². The summed E-state index contributed by atoms with van der Waals surface area (Å²) < 4.78 is 10.4. The molecule has 0 aliphatic rings. The molecule has 2 aromatic carbocycles. The number of thiocarbonyl (C=S) groups is 1. The second-order valence-electron chi connectivity index (χ2n) is 6.86. The normalized spacial score (nSPS) is 10.3. The number of nitrogens with one attached hydrogen (secondary N) is 3. The summed E-state index contributed by atoms with van der Waals surface area (Å²) in [6.07, 6.45) is 3.47. The Bertz CT molecular complexity index is 871. The van der Waals surface area contributed by atoms with E-state index in [1.54, 1.807) is 55.6 Å². The van der Waals surface area contributed by atoms with E-state index in [9.17, 15) is 9.59 Å². The molecule has 0 saturated heterocycles. The second-order valence-corrected chi connectivity index (χ2v) is 7.27. The molecule has 166 valence electrons. The minimum atomic E-state index is -0.332. The molecule has 0 saturated carbocycles. The fourth-order valence-corrected chi connectivity index (χ4v) is 2.93. The van der Waals surface area contributed by atoms with Crippen LogP contribution in [0.1, 0.15) is 43.0 Å². The SMILES string of the molecule is CCCCCC(=O)Nc1cccc(NC(=S)NC(=O)c2ccc(OCCOC)cc2)c1. The number of hydrogen-bond donors (Lipinski definition) is 3.